The second-order valence-electron chi connectivity index (χ2n) is 5.32. The molecule has 2 heterocycles. The van der Waals surface area contributed by atoms with Crippen LogP contribution in [0.25, 0.3) is 0 Å². The fraction of sp³-hybridized carbons (Fsp3) is 0.583. The number of aryl methyl sites for hydroxylation is 1. The number of nitrogens with one attached hydrogen (secondary N) is 1. The topological polar surface area (TPSA) is 71.5 Å². The number of nitrogens with two attached hydrogens (primary N) is 1. The van der Waals surface area contributed by atoms with Gasteiger partial charge in [0.15, 0.2) is 0 Å². The number of carbonyl (C=O) groups excluding carboxylic acids is 1. The van der Waals surface area contributed by atoms with E-state index >= 15 is 0 Å². The third-order valence-electron chi connectivity index (χ3n) is 2.69. The average Bonchev–Trinajstić information content (AvgIpc) is 2.72. The van der Waals surface area contributed by atoms with Crippen LogP contribution in [0.2, 0.25) is 0 Å². The van der Waals surface area contributed by atoms with Crippen molar-refractivity contribution in [2.24, 2.45) is 5.73 Å². The van der Waals surface area contributed by atoms with E-state index in [2.05, 4.69) is 5.32 Å². The molecule has 17 heavy (non-hydrogen) atoms. The van der Waals surface area contributed by atoms with E-state index in [1.165, 1.54) is 0 Å². The Kier molecular flexibility index (Phi) is 2.87. The Morgan fingerprint density at radius 2 is 2.29 bits per heavy atom. The number of furan rings is 1. The van der Waals surface area contributed by atoms with Crippen LogP contribution in [0.4, 0.5) is 4.79 Å². The molecule has 1 unspecified atom stereocenters. The Bertz CT molecular complexity index is 420. The maximum atomic E-state index is 11.8. The molecule has 1 aromatic rings. The summed E-state index contributed by atoms with van der Waals surface area (Å²) in [6.07, 6.45) is 0. The van der Waals surface area contributed by atoms with Crippen molar-refractivity contribution in [3.8, 4) is 0 Å². The lowest BCUT2D eigenvalue weighted by Crippen LogP contribution is -2.46. The number of nitrogens with zero attached hydrogens (tertiary/aromatic N) is 1. The summed E-state index contributed by atoms with van der Waals surface area (Å²) in [4.78, 5) is 13.5. The minimum Gasteiger partial charge on any atom is -0.464 e. The molecule has 0 spiro atoms. The van der Waals surface area contributed by atoms with Crippen molar-refractivity contribution in [2.45, 2.75) is 32.4 Å². The molecule has 94 valence electrons. The molecule has 5 nitrogen and oxygen atoms in total. The summed E-state index contributed by atoms with van der Waals surface area (Å²) < 4.78 is 5.52. The summed E-state index contributed by atoms with van der Waals surface area (Å²) >= 11 is 0. The van der Waals surface area contributed by atoms with E-state index in [1.807, 2.05) is 32.9 Å². The lowest BCUT2D eigenvalue weighted by Gasteiger charge is -2.25. The minimum atomic E-state index is -0.384. The van der Waals surface area contributed by atoms with Crippen LogP contribution < -0.4 is 11.1 Å². The fourth-order valence-electron chi connectivity index (χ4n) is 2.02. The van der Waals surface area contributed by atoms with E-state index in [4.69, 9.17) is 10.2 Å². The van der Waals surface area contributed by atoms with Gasteiger partial charge in [-0.1, -0.05) is 0 Å². The summed E-state index contributed by atoms with van der Waals surface area (Å²) in [5.74, 6) is 1.65. The predicted octanol–water partition coefficient (Wildman–Crippen LogP) is 1.39. The summed E-state index contributed by atoms with van der Waals surface area (Å²) in [6.45, 7) is 6.85. The molecule has 0 aromatic carbocycles. The smallest absolute Gasteiger partial charge is 0.318 e. The zero-order valence-electron chi connectivity index (χ0n) is 10.5. The molecule has 3 N–H and O–H groups in total. The molecule has 2 amide bonds. The van der Waals surface area contributed by atoms with E-state index in [-0.39, 0.29) is 17.6 Å². The Morgan fingerprint density at radius 3 is 2.82 bits per heavy atom. The first-order valence-corrected chi connectivity index (χ1v) is 5.76. The van der Waals surface area contributed by atoms with Gasteiger partial charge >= 0.3 is 6.03 Å². The van der Waals surface area contributed by atoms with Crippen LogP contribution in [0.3, 0.4) is 0 Å². The van der Waals surface area contributed by atoms with Crippen LogP contribution in [-0.2, 0) is 0 Å². The van der Waals surface area contributed by atoms with Crippen molar-refractivity contribution in [2.75, 3.05) is 13.1 Å². The second-order valence-corrected chi connectivity index (χ2v) is 5.32. The van der Waals surface area contributed by atoms with Crippen molar-refractivity contribution in [3.63, 3.8) is 0 Å². The van der Waals surface area contributed by atoms with Gasteiger partial charge in [0.05, 0.1) is 6.54 Å². The largest absolute Gasteiger partial charge is 0.464 e. The summed E-state index contributed by atoms with van der Waals surface area (Å²) in [5, 5.41) is 2.89. The lowest BCUT2D eigenvalue weighted by molar-refractivity contribution is 0.207. The number of carbonyl (C=O) groups is 1. The highest BCUT2D eigenvalue weighted by molar-refractivity contribution is 5.77. The molecule has 1 atom stereocenters. The molecule has 1 aromatic heterocycles. The molecule has 0 bridgehead atoms. The van der Waals surface area contributed by atoms with Gasteiger partial charge in [-0.25, -0.2) is 4.79 Å². The summed E-state index contributed by atoms with van der Waals surface area (Å²) in [5.41, 5.74) is 5.54. The first kappa shape index (κ1) is 12.0. The first-order chi connectivity index (χ1) is 7.85. The van der Waals surface area contributed by atoms with Crippen molar-refractivity contribution in [1.29, 1.82) is 0 Å². The molecular weight excluding hydrogens is 218 g/mol. The Hall–Kier alpha value is -1.49. The van der Waals surface area contributed by atoms with Gasteiger partial charge in [-0.2, -0.15) is 0 Å². The standard InChI is InChI=1S/C12H19N3O2/c1-8-4-5-10(17-8)9-6-15(11(16)14-9)7-12(2,3)13/h4-5,9H,6-7,13H2,1-3H3,(H,14,16). The van der Waals surface area contributed by atoms with Crippen molar-refractivity contribution in [1.82, 2.24) is 10.2 Å². The quantitative estimate of drug-likeness (QED) is 0.834. The molecule has 1 aliphatic heterocycles. The third kappa shape index (κ3) is 2.79. The zero-order chi connectivity index (χ0) is 12.6. The minimum absolute atomic E-state index is 0.0708. The number of urea groups is 1. The van der Waals surface area contributed by atoms with Crippen molar-refractivity contribution >= 4 is 6.03 Å². The highest BCUT2D eigenvalue weighted by atomic mass is 16.3. The maximum Gasteiger partial charge on any atom is 0.318 e. The molecular formula is C12H19N3O2. The Balaban J connectivity index is 2.04. The SMILES string of the molecule is Cc1ccc(C2CN(CC(C)(C)N)C(=O)N2)o1. The van der Waals surface area contributed by atoms with Gasteiger partial charge in [-0.05, 0) is 32.9 Å². The molecule has 5 heteroatoms. The third-order valence-corrected chi connectivity index (χ3v) is 2.69. The summed E-state index contributed by atoms with van der Waals surface area (Å²) in [6, 6.07) is 3.65. The average molecular weight is 237 g/mol. The van der Waals surface area contributed by atoms with E-state index in [0.29, 0.717) is 13.1 Å². The Labute approximate surface area is 101 Å². The molecule has 0 saturated carbocycles. The van der Waals surface area contributed by atoms with Crippen molar-refractivity contribution in [3.05, 3.63) is 23.7 Å². The zero-order valence-corrected chi connectivity index (χ0v) is 10.5. The highest BCUT2D eigenvalue weighted by Crippen LogP contribution is 2.22. The fourth-order valence-corrected chi connectivity index (χ4v) is 2.02. The van der Waals surface area contributed by atoms with E-state index in [1.54, 1.807) is 4.90 Å². The molecule has 2 rings (SSSR count). The Morgan fingerprint density at radius 1 is 1.59 bits per heavy atom. The maximum absolute atomic E-state index is 11.8. The van der Waals surface area contributed by atoms with Crippen LogP contribution >= 0.6 is 0 Å². The summed E-state index contributed by atoms with van der Waals surface area (Å²) in [7, 11) is 0. The normalized spacial score (nSPS) is 20.8. The van der Waals surface area contributed by atoms with Crippen molar-refractivity contribution < 1.29 is 9.21 Å². The van der Waals surface area contributed by atoms with Gasteiger partial charge in [-0.15, -0.1) is 0 Å². The van der Waals surface area contributed by atoms with Crippen LogP contribution in [0, 0.1) is 6.92 Å². The first-order valence-electron chi connectivity index (χ1n) is 5.76. The highest BCUT2D eigenvalue weighted by Gasteiger charge is 2.33. The van der Waals surface area contributed by atoms with E-state index in [9.17, 15) is 4.79 Å². The lowest BCUT2D eigenvalue weighted by atomic mass is 10.1. The van der Waals surface area contributed by atoms with Gasteiger partial charge in [-0.3, -0.25) is 0 Å². The molecule has 1 aliphatic rings. The number of hydrogen-bond acceptors (Lipinski definition) is 3. The molecule has 1 saturated heterocycles. The van der Waals surface area contributed by atoms with Crippen LogP contribution in [0.15, 0.2) is 16.5 Å². The molecule has 1 fully saturated rings. The predicted molar refractivity (Wildman–Crippen MR) is 64.6 cm³/mol. The van der Waals surface area contributed by atoms with Gasteiger partial charge < -0.3 is 20.4 Å². The molecule has 0 aliphatic carbocycles. The van der Waals surface area contributed by atoms with Crippen LogP contribution in [0.1, 0.15) is 31.4 Å². The van der Waals surface area contributed by atoms with Gasteiger partial charge in [0.25, 0.3) is 0 Å². The monoisotopic (exact) mass is 237 g/mol. The molecule has 0 radical (unpaired) electrons. The van der Waals surface area contributed by atoms with Gasteiger partial charge in [0.2, 0.25) is 0 Å². The number of amides is 2. The van der Waals surface area contributed by atoms with Gasteiger partial charge in [0.1, 0.15) is 17.6 Å². The van der Waals surface area contributed by atoms with Crippen LogP contribution in [0.5, 0.6) is 0 Å². The van der Waals surface area contributed by atoms with Crippen LogP contribution in [-0.4, -0.2) is 29.6 Å². The van der Waals surface area contributed by atoms with Gasteiger partial charge in [0, 0.05) is 12.1 Å². The second kappa shape index (κ2) is 4.07. The number of hydrogen-bond donors (Lipinski definition) is 2. The van der Waals surface area contributed by atoms with E-state index in [0.717, 1.165) is 11.5 Å². The van der Waals surface area contributed by atoms with E-state index < -0.39 is 0 Å². The number of rotatable bonds is 3.